The highest BCUT2D eigenvalue weighted by Gasteiger charge is 2.36. The molecular weight excluding hydrogens is 521 g/mol. The van der Waals surface area contributed by atoms with Crippen LogP contribution in [0.15, 0.2) is 79.4 Å². The minimum Gasteiger partial charge on any atom is -0.494 e. The van der Waals surface area contributed by atoms with Crippen molar-refractivity contribution >= 4 is 28.6 Å². The van der Waals surface area contributed by atoms with E-state index in [-0.39, 0.29) is 5.75 Å². The number of rotatable bonds is 7. The summed E-state index contributed by atoms with van der Waals surface area (Å²) in [4.78, 5) is 22.6. The van der Waals surface area contributed by atoms with Gasteiger partial charge in [0, 0.05) is 41.1 Å². The zero-order valence-electron chi connectivity index (χ0n) is 20.9. The lowest BCUT2D eigenvalue weighted by Crippen LogP contribution is -2.42. The van der Waals surface area contributed by atoms with Gasteiger partial charge in [-0.1, -0.05) is 23.7 Å². The van der Waals surface area contributed by atoms with E-state index < -0.39 is 18.0 Å². The molecule has 5 aromatic rings. The second-order valence-corrected chi connectivity index (χ2v) is 9.74. The number of aryl methyl sites for hydroxylation is 1. The van der Waals surface area contributed by atoms with Crippen LogP contribution in [0.2, 0.25) is 5.02 Å². The molecule has 2 aromatic heterocycles. The van der Waals surface area contributed by atoms with E-state index >= 15 is 0 Å². The summed E-state index contributed by atoms with van der Waals surface area (Å²) in [6, 6.07) is 18.4. The third kappa shape index (κ3) is 5.31. The molecule has 198 valence electrons. The van der Waals surface area contributed by atoms with Gasteiger partial charge >= 0.3 is 6.09 Å². The lowest BCUT2D eigenvalue weighted by Gasteiger charge is -2.35. The van der Waals surface area contributed by atoms with Crippen molar-refractivity contribution in [3.8, 4) is 11.5 Å². The smallest absolute Gasteiger partial charge is 0.416 e. The average molecular weight is 546 g/mol. The first-order valence-corrected chi connectivity index (χ1v) is 13.0. The minimum absolute atomic E-state index is 0.277. The first-order valence-electron chi connectivity index (χ1n) is 12.6. The van der Waals surface area contributed by atoms with Crippen LogP contribution in [0.5, 0.6) is 11.5 Å². The summed E-state index contributed by atoms with van der Waals surface area (Å²) < 4.78 is 26.9. The fraction of sp³-hybridized carbons (Fsp3) is 0.207. The number of nitrogens with one attached hydrogen (secondary N) is 1. The normalized spacial score (nSPS) is 14.8. The number of ether oxygens (including phenoxy) is 2. The van der Waals surface area contributed by atoms with Gasteiger partial charge in [0.25, 0.3) is 0 Å². The summed E-state index contributed by atoms with van der Waals surface area (Å²) in [5.74, 6) is 0.577. The van der Waals surface area contributed by atoms with Crippen LogP contribution in [0.25, 0.3) is 10.9 Å². The van der Waals surface area contributed by atoms with E-state index in [0.717, 1.165) is 34.1 Å². The number of carbonyl (C=O) groups excluding carboxylic acids is 1. The van der Waals surface area contributed by atoms with E-state index in [0.29, 0.717) is 36.9 Å². The molecule has 0 fully saturated rings. The second-order valence-electron chi connectivity index (χ2n) is 9.31. The first-order chi connectivity index (χ1) is 19.0. The fourth-order valence-electron chi connectivity index (χ4n) is 5.01. The van der Waals surface area contributed by atoms with Gasteiger partial charge in [0.1, 0.15) is 36.0 Å². The molecule has 3 aromatic carbocycles. The van der Waals surface area contributed by atoms with Crippen LogP contribution in [-0.2, 0) is 13.0 Å². The number of carbonyl (C=O) groups is 1. The Balaban J connectivity index is 1.30. The summed E-state index contributed by atoms with van der Waals surface area (Å²) in [6.45, 7) is 1.63. The molecule has 0 saturated heterocycles. The van der Waals surface area contributed by atoms with E-state index in [4.69, 9.17) is 21.1 Å². The number of hydrogen-bond acceptors (Lipinski definition) is 5. The van der Waals surface area contributed by atoms with Gasteiger partial charge in [0.05, 0.1) is 6.61 Å². The molecule has 1 aliphatic rings. The van der Waals surface area contributed by atoms with Crippen molar-refractivity contribution in [2.24, 2.45) is 0 Å². The van der Waals surface area contributed by atoms with Crippen molar-refractivity contribution in [1.29, 1.82) is 0 Å². The third-order valence-corrected chi connectivity index (χ3v) is 7.02. The summed E-state index contributed by atoms with van der Waals surface area (Å²) >= 11 is 6.32. The van der Waals surface area contributed by atoms with Gasteiger partial charge in [-0.25, -0.2) is 14.2 Å². The van der Waals surface area contributed by atoms with Crippen LogP contribution < -0.4 is 9.47 Å². The molecule has 0 aliphatic carbocycles. The summed E-state index contributed by atoms with van der Waals surface area (Å²) in [5, 5.41) is 5.80. The molecule has 6 rings (SSSR count). The Morgan fingerprint density at radius 2 is 1.97 bits per heavy atom. The largest absolute Gasteiger partial charge is 0.494 e. The number of halogens is 2. The van der Waals surface area contributed by atoms with Crippen molar-refractivity contribution in [3.05, 3.63) is 107 Å². The topological polar surface area (TPSA) is 85.3 Å². The van der Waals surface area contributed by atoms with Crippen molar-refractivity contribution in [1.82, 2.24) is 24.6 Å². The Morgan fingerprint density at radius 3 is 2.79 bits per heavy atom. The molecule has 0 spiro atoms. The van der Waals surface area contributed by atoms with Crippen LogP contribution >= 0.6 is 11.6 Å². The van der Waals surface area contributed by atoms with Crippen molar-refractivity contribution < 1.29 is 18.7 Å². The van der Waals surface area contributed by atoms with E-state index in [2.05, 4.69) is 15.1 Å². The standard InChI is InChI=1S/C29H25ClFN5O3/c30-20-5-10-26-25(16-20)24-11-13-36(29(37)39-22-8-6-21(31)7-9-22)28(27(24)34-26)19-3-1-4-23(15-19)38-14-2-12-35-18-32-17-33-35/h1,3-10,15-18,28,34H,2,11-14H2. The van der Waals surface area contributed by atoms with E-state index in [1.807, 2.05) is 42.5 Å². The fourth-order valence-corrected chi connectivity index (χ4v) is 5.18. The molecule has 1 aliphatic heterocycles. The van der Waals surface area contributed by atoms with Crippen LogP contribution in [0.1, 0.15) is 29.3 Å². The van der Waals surface area contributed by atoms with E-state index in [1.165, 1.54) is 30.6 Å². The molecule has 8 nitrogen and oxygen atoms in total. The molecule has 1 amide bonds. The lowest BCUT2D eigenvalue weighted by molar-refractivity contribution is 0.135. The van der Waals surface area contributed by atoms with E-state index in [9.17, 15) is 9.18 Å². The molecule has 0 bridgehead atoms. The number of H-pyrrole nitrogens is 1. The zero-order chi connectivity index (χ0) is 26.8. The number of fused-ring (bicyclic) bond motifs is 3. The molecule has 39 heavy (non-hydrogen) atoms. The van der Waals surface area contributed by atoms with Gasteiger partial charge in [-0.15, -0.1) is 0 Å². The lowest BCUT2D eigenvalue weighted by atomic mass is 9.92. The summed E-state index contributed by atoms with van der Waals surface area (Å²) in [5.41, 5.74) is 3.84. The monoisotopic (exact) mass is 545 g/mol. The number of benzene rings is 3. The number of aromatic amines is 1. The molecular formula is C29H25ClFN5O3. The predicted molar refractivity (Wildman–Crippen MR) is 145 cm³/mol. The van der Waals surface area contributed by atoms with Gasteiger partial charge in [0.2, 0.25) is 0 Å². The zero-order valence-corrected chi connectivity index (χ0v) is 21.6. The predicted octanol–water partition coefficient (Wildman–Crippen LogP) is 6.17. The Bertz CT molecular complexity index is 1600. The number of amides is 1. The molecule has 0 radical (unpaired) electrons. The van der Waals surface area contributed by atoms with Gasteiger partial charge < -0.3 is 14.5 Å². The van der Waals surface area contributed by atoms with Gasteiger partial charge in [0.15, 0.2) is 0 Å². The molecule has 10 heteroatoms. The highest BCUT2D eigenvalue weighted by atomic mass is 35.5. The molecule has 0 saturated carbocycles. The number of aromatic nitrogens is 4. The molecule has 3 heterocycles. The van der Waals surface area contributed by atoms with Crippen LogP contribution in [0.3, 0.4) is 0 Å². The maximum Gasteiger partial charge on any atom is 0.416 e. The van der Waals surface area contributed by atoms with Gasteiger partial charge in [-0.2, -0.15) is 5.10 Å². The van der Waals surface area contributed by atoms with Gasteiger partial charge in [-0.05, 0) is 72.1 Å². The average Bonchev–Trinajstić information content (AvgIpc) is 3.60. The van der Waals surface area contributed by atoms with Crippen LogP contribution in [-0.4, -0.2) is 43.9 Å². The maximum atomic E-state index is 13.5. The SMILES string of the molecule is O=C(Oc1ccc(F)cc1)N1CCc2c([nH]c3ccc(Cl)cc23)C1c1cccc(OCCCn2cncn2)c1. The second kappa shape index (κ2) is 10.8. The van der Waals surface area contributed by atoms with E-state index in [1.54, 1.807) is 15.9 Å². The van der Waals surface area contributed by atoms with Crippen molar-refractivity contribution in [2.45, 2.75) is 25.4 Å². The van der Waals surface area contributed by atoms with Crippen LogP contribution in [0, 0.1) is 5.82 Å². The minimum atomic E-state index is -0.520. The Morgan fingerprint density at radius 1 is 1.10 bits per heavy atom. The summed E-state index contributed by atoms with van der Waals surface area (Å²) in [6.07, 6.45) is 4.05. The molecule has 1 atom stereocenters. The van der Waals surface area contributed by atoms with Crippen molar-refractivity contribution in [2.75, 3.05) is 13.2 Å². The highest BCUT2D eigenvalue weighted by Crippen LogP contribution is 2.40. The maximum absolute atomic E-state index is 13.5. The quantitative estimate of drug-likeness (QED) is 0.247. The third-order valence-electron chi connectivity index (χ3n) is 6.78. The Kier molecular flexibility index (Phi) is 6.89. The number of nitrogens with zero attached hydrogens (tertiary/aromatic N) is 4. The Labute approximate surface area is 228 Å². The molecule has 1 unspecified atom stereocenters. The Hall–Kier alpha value is -4.37. The first kappa shape index (κ1) is 24.9. The molecule has 1 N–H and O–H groups in total. The van der Waals surface area contributed by atoms with Gasteiger partial charge in [-0.3, -0.25) is 9.58 Å². The van der Waals surface area contributed by atoms with Crippen molar-refractivity contribution in [3.63, 3.8) is 0 Å². The summed E-state index contributed by atoms with van der Waals surface area (Å²) in [7, 11) is 0. The highest BCUT2D eigenvalue weighted by molar-refractivity contribution is 6.31. The number of hydrogen-bond donors (Lipinski definition) is 1. The van der Waals surface area contributed by atoms with Crippen LogP contribution in [0.4, 0.5) is 9.18 Å².